The van der Waals surface area contributed by atoms with Gasteiger partial charge in [0.2, 0.25) is 0 Å². The molecule has 2 heteroatoms. The summed E-state index contributed by atoms with van der Waals surface area (Å²) in [6, 6.07) is 0. The van der Waals surface area contributed by atoms with Crippen LogP contribution in [0.4, 0.5) is 0 Å². The van der Waals surface area contributed by atoms with Crippen LogP contribution in [0.5, 0.6) is 0 Å². The van der Waals surface area contributed by atoms with Crippen LogP contribution in [0.1, 0.15) is 12.8 Å². The molecule has 6 heavy (non-hydrogen) atoms. The molecule has 0 heterocycles. The normalized spacial score (nSPS) is 9.00. The van der Waals surface area contributed by atoms with Crippen LogP contribution in [0, 0.1) is 0 Å². The van der Waals surface area contributed by atoms with Gasteiger partial charge in [-0.05, 0) is 0 Å². The Hall–Kier alpha value is 1.53. The van der Waals surface area contributed by atoms with E-state index in [0.717, 1.165) is 0 Å². The Balaban J connectivity index is 2.34. The minimum atomic E-state index is 1.35. The molecule has 0 aliphatic rings. The zero-order chi connectivity index (χ0) is 4.83. The van der Waals surface area contributed by atoms with Gasteiger partial charge in [-0.3, -0.25) is 0 Å². The molecule has 0 bridgehead atoms. The fourth-order valence-electron chi connectivity index (χ4n) is 0.239. The molecule has 0 saturated heterocycles. The molecule has 0 aromatic rings. The second kappa shape index (κ2) is 6.53. The van der Waals surface area contributed by atoms with Gasteiger partial charge in [0.25, 0.3) is 0 Å². The van der Waals surface area contributed by atoms with Crippen molar-refractivity contribution >= 4 is 45.1 Å². The van der Waals surface area contributed by atoms with Crippen LogP contribution < -0.4 is 0 Å². The minimum absolute atomic E-state index is 1.35. The summed E-state index contributed by atoms with van der Waals surface area (Å²) in [6.07, 6.45) is 2.90. The molecule has 0 rings (SSSR count). The second-order valence-corrected chi connectivity index (χ2v) is 3.91. The van der Waals surface area contributed by atoms with Crippen molar-refractivity contribution in [3.8, 4) is 0 Å². The van der Waals surface area contributed by atoms with Crippen LogP contribution in [0.3, 0.4) is 0 Å². The molecule has 0 unspecified atom stereocenters. The number of hydrogen-bond acceptors (Lipinski definition) is 0. The van der Waals surface area contributed by atoms with E-state index in [1.54, 1.807) is 0 Å². The molecular formula is C4H9ISn. The van der Waals surface area contributed by atoms with E-state index >= 15 is 0 Å². The number of alkyl halides is 1. The number of unbranched alkanes of at least 4 members (excludes halogenated alkanes) is 1. The summed E-state index contributed by atoms with van der Waals surface area (Å²) >= 11 is 3.88. The zero-order valence-corrected chi connectivity index (χ0v) is 9.24. The molecule has 0 aliphatic heterocycles. The average molecular weight is 303 g/mol. The van der Waals surface area contributed by atoms with Crippen molar-refractivity contribution in [2.45, 2.75) is 17.3 Å². The van der Waals surface area contributed by atoms with E-state index in [4.69, 9.17) is 0 Å². The van der Waals surface area contributed by atoms with Gasteiger partial charge in [0.1, 0.15) is 0 Å². The Labute approximate surface area is 66.3 Å². The molecule has 0 aromatic carbocycles. The fraction of sp³-hybridized carbons (Fsp3) is 1.00. The summed E-state index contributed by atoms with van der Waals surface area (Å²) in [5.41, 5.74) is 0. The Kier molecular flexibility index (Phi) is 8.19. The monoisotopic (exact) mass is 304 g/mol. The summed E-state index contributed by atoms with van der Waals surface area (Å²) in [5.74, 6) is 0. The molecule has 0 aromatic heterocycles. The van der Waals surface area contributed by atoms with Crippen LogP contribution in [0.2, 0.25) is 4.44 Å². The van der Waals surface area contributed by atoms with E-state index in [9.17, 15) is 0 Å². The second-order valence-electron chi connectivity index (χ2n) is 1.18. The van der Waals surface area contributed by atoms with Gasteiger partial charge < -0.3 is 0 Å². The quantitative estimate of drug-likeness (QED) is 0.321. The first-order valence-electron chi connectivity index (χ1n) is 2.18. The molecule has 0 spiro atoms. The van der Waals surface area contributed by atoms with Gasteiger partial charge in [-0.15, -0.1) is 0 Å². The van der Waals surface area contributed by atoms with Crippen molar-refractivity contribution in [3.05, 3.63) is 0 Å². The molecular weight excluding hydrogens is 294 g/mol. The van der Waals surface area contributed by atoms with Crippen molar-refractivity contribution < 1.29 is 0 Å². The molecule has 0 nitrogen and oxygen atoms in total. The van der Waals surface area contributed by atoms with Gasteiger partial charge in [0.15, 0.2) is 0 Å². The number of rotatable bonds is 3. The van der Waals surface area contributed by atoms with Crippen LogP contribution in [-0.2, 0) is 0 Å². The van der Waals surface area contributed by atoms with E-state index in [2.05, 4.69) is 22.6 Å². The zero-order valence-electron chi connectivity index (χ0n) is 3.78. The van der Waals surface area contributed by atoms with E-state index in [1.807, 2.05) is 0 Å². The molecule has 0 amide bonds. The van der Waals surface area contributed by atoms with Crippen molar-refractivity contribution in [1.82, 2.24) is 0 Å². The third kappa shape index (κ3) is 5.53. The van der Waals surface area contributed by atoms with E-state index in [1.165, 1.54) is 44.2 Å². The molecule has 36 valence electrons. The molecule has 0 aliphatic carbocycles. The number of hydrogen-bond donors (Lipinski definition) is 0. The van der Waals surface area contributed by atoms with Crippen molar-refractivity contribution in [2.24, 2.45) is 0 Å². The van der Waals surface area contributed by atoms with Crippen LogP contribution in [0.15, 0.2) is 0 Å². The predicted octanol–water partition coefficient (Wildman–Crippen LogP) is 1.52. The van der Waals surface area contributed by atoms with Gasteiger partial charge in [-0.2, -0.15) is 0 Å². The van der Waals surface area contributed by atoms with Gasteiger partial charge in [0, 0.05) is 0 Å². The van der Waals surface area contributed by atoms with E-state index < -0.39 is 0 Å². The Morgan fingerprint density at radius 1 is 1.33 bits per heavy atom. The van der Waals surface area contributed by atoms with Gasteiger partial charge in [-0.25, -0.2) is 0 Å². The third-order valence-electron chi connectivity index (χ3n) is 0.588. The summed E-state index contributed by atoms with van der Waals surface area (Å²) in [5, 5.41) is 0. The average Bonchev–Trinajstić information content (AvgIpc) is 1.61. The SMILES string of the molecule is [SnH][CH2]CCCI. The van der Waals surface area contributed by atoms with Gasteiger partial charge in [0.05, 0.1) is 0 Å². The first-order valence-corrected chi connectivity index (χ1v) is 6.03. The first kappa shape index (κ1) is 7.53. The Morgan fingerprint density at radius 3 is 2.17 bits per heavy atom. The maximum atomic E-state index is 2.43. The molecule has 0 saturated carbocycles. The Morgan fingerprint density at radius 2 is 2.00 bits per heavy atom. The van der Waals surface area contributed by atoms with Crippen LogP contribution in [-0.4, -0.2) is 27.0 Å². The van der Waals surface area contributed by atoms with Crippen molar-refractivity contribution in [2.75, 3.05) is 4.43 Å². The van der Waals surface area contributed by atoms with E-state index in [-0.39, 0.29) is 0 Å². The van der Waals surface area contributed by atoms with Gasteiger partial charge >= 0.3 is 66.8 Å². The topological polar surface area (TPSA) is 0 Å². The third-order valence-corrected chi connectivity index (χ3v) is 2.52. The molecule has 2 radical (unpaired) electrons. The first-order chi connectivity index (χ1) is 2.91. The standard InChI is InChI=1S/C4H8I.Sn.H/c1-2-3-4-5;;/h1-4H2;;. The molecule has 0 fully saturated rings. The van der Waals surface area contributed by atoms with Crippen molar-refractivity contribution in [1.29, 1.82) is 0 Å². The summed E-state index contributed by atoms with van der Waals surface area (Å²) in [7, 11) is 0. The molecule has 0 N–H and O–H groups in total. The maximum absolute atomic E-state index is 2.43. The van der Waals surface area contributed by atoms with Gasteiger partial charge in [-0.1, -0.05) is 0 Å². The fourth-order valence-corrected chi connectivity index (χ4v) is 1.60. The summed E-state index contributed by atoms with van der Waals surface area (Å²) < 4.78 is 2.83. The van der Waals surface area contributed by atoms with Crippen LogP contribution in [0.25, 0.3) is 0 Å². The molecule has 0 atom stereocenters. The van der Waals surface area contributed by atoms with E-state index in [0.29, 0.717) is 0 Å². The Bertz CT molecular complexity index is 19.5. The number of halogens is 1. The van der Waals surface area contributed by atoms with Crippen molar-refractivity contribution in [3.63, 3.8) is 0 Å². The summed E-state index contributed by atoms with van der Waals surface area (Å²) in [6.45, 7) is 0. The van der Waals surface area contributed by atoms with Crippen LogP contribution >= 0.6 is 22.6 Å². The predicted molar refractivity (Wildman–Crippen MR) is 40.1 cm³/mol. The summed E-state index contributed by atoms with van der Waals surface area (Å²) in [4.78, 5) is 0.